The summed E-state index contributed by atoms with van der Waals surface area (Å²) in [5.41, 5.74) is 6.46. The molecule has 1 saturated heterocycles. The fourth-order valence-electron chi connectivity index (χ4n) is 4.49. The fraction of sp³-hybridized carbons (Fsp3) is 0.750. The van der Waals surface area contributed by atoms with Crippen molar-refractivity contribution in [2.45, 2.75) is 79.7 Å². The summed E-state index contributed by atoms with van der Waals surface area (Å²) in [7, 11) is -4.22. The minimum Gasteiger partial charge on any atom is -0.476 e. The van der Waals surface area contributed by atoms with Crippen molar-refractivity contribution in [3.8, 4) is 5.88 Å². The molecular formula is C24H41N6O7P. The molecule has 0 aliphatic carbocycles. The second-order valence-corrected chi connectivity index (χ2v) is 12.6. The summed E-state index contributed by atoms with van der Waals surface area (Å²) < 4.78 is 37.2. The van der Waals surface area contributed by atoms with E-state index in [1.54, 1.807) is 24.7 Å². The number of nitrogens with two attached hydrogens (primary N) is 1. The number of hydrogen-bond donors (Lipinski definition) is 3. The molecule has 1 fully saturated rings. The number of nitrogen functional groups attached to an aromatic ring is 1. The number of fused-ring (bicyclic) bond motifs is 1. The number of hydrogen-bond acceptors (Lipinski definition) is 10. The van der Waals surface area contributed by atoms with Crippen LogP contribution in [0.5, 0.6) is 5.88 Å². The van der Waals surface area contributed by atoms with E-state index < -0.39 is 26.1 Å². The molecule has 4 N–H and O–H groups in total. The van der Waals surface area contributed by atoms with E-state index in [-0.39, 0.29) is 42.4 Å². The maximum Gasteiger partial charge on any atom is 0.403 e. The van der Waals surface area contributed by atoms with Crippen molar-refractivity contribution in [2.24, 2.45) is 17.3 Å². The van der Waals surface area contributed by atoms with Gasteiger partial charge >= 0.3 is 13.7 Å². The topological polar surface area (TPSA) is 173 Å². The Balaban J connectivity index is 1.68. The lowest BCUT2D eigenvalue weighted by atomic mass is 9.87. The van der Waals surface area contributed by atoms with Crippen LogP contribution in [0.2, 0.25) is 0 Å². The Morgan fingerprint density at radius 3 is 2.68 bits per heavy atom. The van der Waals surface area contributed by atoms with Crippen LogP contribution < -0.4 is 15.6 Å². The molecule has 4 atom stereocenters. The summed E-state index contributed by atoms with van der Waals surface area (Å²) in [6.07, 6.45) is 1.72. The summed E-state index contributed by atoms with van der Waals surface area (Å²) in [4.78, 5) is 35.3. The summed E-state index contributed by atoms with van der Waals surface area (Å²) in [5.74, 6) is -0.0955. The van der Waals surface area contributed by atoms with Crippen LogP contribution in [0.3, 0.4) is 0 Å². The van der Waals surface area contributed by atoms with Crippen LogP contribution in [0, 0.1) is 17.3 Å². The molecule has 1 aliphatic rings. The number of nitrogens with zero attached hydrogens (tertiary/aromatic N) is 4. The van der Waals surface area contributed by atoms with E-state index in [0.29, 0.717) is 36.5 Å². The Morgan fingerprint density at radius 1 is 1.34 bits per heavy atom. The lowest BCUT2D eigenvalue weighted by Crippen LogP contribution is -2.35. The standard InChI is InChI=1S/C24H41N6O7P/c1-8-34-20-18-19(27-23(25)28-20)30(13-26-18)22-24(6,7)10-17(37-22)12-36-38(32,33)29-16(9-14(2)3)11-35-21(31)15(4)5/h13-17,22H,8-12H2,1-7H3,(H2,25,27,28)(H2,29,32,33)/t16-,17+,22-/m1/s1. The number of rotatable bonds is 13. The lowest BCUT2D eigenvalue weighted by Gasteiger charge is -2.26. The molecular weight excluding hydrogens is 515 g/mol. The molecule has 214 valence electrons. The predicted octanol–water partition coefficient (Wildman–Crippen LogP) is 3.44. The molecule has 2 aromatic rings. The van der Waals surface area contributed by atoms with Gasteiger partial charge in [-0.1, -0.05) is 41.5 Å². The molecule has 1 aliphatic heterocycles. The molecule has 0 amide bonds. The molecule has 1 unspecified atom stereocenters. The number of ether oxygens (including phenoxy) is 3. The first kappa shape index (κ1) is 30.2. The summed E-state index contributed by atoms with van der Waals surface area (Å²) in [6.45, 7) is 13.6. The van der Waals surface area contributed by atoms with Crippen LogP contribution in [0.4, 0.5) is 5.95 Å². The molecule has 3 rings (SSSR count). The van der Waals surface area contributed by atoms with Crippen LogP contribution in [0.25, 0.3) is 11.2 Å². The number of nitrogens with one attached hydrogen (secondary N) is 1. The molecule has 3 heterocycles. The van der Waals surface area contributed by atoms with Crippen LogP contribution in [0.1, 0.15) is 67.5 Å². The normalized spacial score (nSPS) is 21.6. The molecule has 38 heavy (non-hydrogen) atoms. The fourth-order valence-corrected chi connectivity index (χ4v) is 5.57. The van der Waals surface area contributed by atoms with Gasteiger partial charge < -0.3 is 24.8 Å². The SMILES string of the molecule is CCOc1nc(N)nc2c1ncn2[C@@H]1O[C@H](COP(=O)(O)N[C@@H](COC(=O)C(C)C)CC(C)C)CC1(C)C. The van der Waals surface area contributed by atoms with Gasteiger partial charge in [-0.3, -0.25) is 13.9 Å². The Labute approximate surface area is 223 Å². The van der Waals surface area contributed by atoms with Gasteiger partial charge in [0.15, 0.2) is 11.2 Å². The average Bonchev–Trinajstić information content (AvgIpc) is 3.34. The van der Waals surface area contributed by atoms with E-state index in [9.17, 15) is 14.3 Å². The lowest BCUT2D eigenvalue weighted by molar-refractivity contribution is -0.148. The minimum absolute atomic E-state index is 0.0272. The summed E-state index contributed by atoms with van der Waals surface area (Å²) in [5, 5.41) is 2.65. The molecule has 0 spiro atoms. The predicted molar refractivity (Wildman–Crippen MR) is 141 cm³/mol. The summed E-state index contributed by atoms with van der Waals surface area (Å²) in [6, 6.07) is -0.538. The maximum absolute atomic E-state index is 12.9. The van der Waals surface area contributed by atoms with Gasteiger partial charge in [-0.15, -0.1) is 0 Å². The van der Waals surface area contributed by atoms with E-state index >= 15 is 0 Å². The second kappa shape index (κ2) is 12.3. The van der Waals surface area contributed by atoms with Gasteiger partial charge in [-0.25, -0.2) is 14.6 Å². The third kappa shape index (κ3) is 7.63. The Bertz CT molecular complexity index is 1150. The number of imidazole rings is 1. The Morgan fingerprint density at radius 2 is 2.05 bits per heavy atom. The third-order valence-corrected chi connectivity index (χ3v) is 7.31. The molecule has 14 heteroatoms. The van der Waals surface area contributed by atoms with Crippen molar-refractivity contribution < 1.29 is 33.0 Å². The van der Waals surface area contributed by atoms with Crippen LogP contribution >= 0.6 is 7.75 Å². The number of aromatic nitrogens is 4. The highest BCUT2D eigenvalue weighted by molar-refractivity contribution is 7.50. The van der Waals surface area contributed by atoms with Gasteiger partial charge in [-0.05, 0) is 25.7 Å². The van der Waals surface area contributed by atoms with Crippen molar-refractivity contribution in [2.75, 3.05) is 25.6 Å². The first-order chi connectivity index (χ1) is 17.7. The molecule has 13 nitrogen and oxygen atoms in total. The van der Waals surface area contributed by atoms with E-state index in [2.05, 4.69) is 20.0 Å². The first-order valence-electron chi connectivity index (χ1n) is 12.9. The Hall–Kier alpha value is -2.31. The van der Waals surface area contributed by atoms with Gasteiger partial charge in [-0.2, -0.15) is 9.97 Å². The van der Waals surface area contributed by atoms with Gasteiger partial charge in [0, 0.05) is 5.41 Å². The zero-order valence-corrected chi connectivity index (χ0v) is 24.1. The average molecular weight is 557 g/mol. The molecule has 2 aromatic heterocycles. The van der Waals surface area contributed by atoms with Gasteiger partial charge in [0.2, 0.25) is 11.8 Å². The van der Waals surface area contributed by atoms with E-state index in [1.165, 1.54) is 0 Å². The minimum atomic E-state index is -4.22. The van der Waals surface area contributed by atoms with Gasteiger partial charge in [0.25, 0.3) is 0 Å². The first-order valence-corrected chi connectivity index (χ1v) is 14.5. The number of carbonyl (C=O) groups excluding carboxylic acids is 1. The number of carbonyl (C=O) groups is 1. The third-order valence-electron chi connectivity index (χ3n) is 6.12. The van der Waals surface area contributed by atoms with Crippen molar-refractivity contribution in [3.05, 3.63) is 6.33 Å². The summed E-state index contributed by atoms with van der Waals surface area (Å²) >= 11 is 0. The zero-order valence-electron chi connectivity index (χ0n) is 23.2. The molecule has 0 saturated carbocycles. The van der Waals surface area contributed by atoms with Crippen molar-refractivity contribution >= 4 is 30.8 Å². The molecule has 0 radical (unpaired) electrons. The van der Waals surface area contributed by atoms with Crippen molar-refractivity contribution in [1.82, 2.24) is 24.6 Å². The van der Waals surface area contributed by atoms with E-state index in [1.807, 2.05) is 34.6 Å². The highest BCUT2D eigenvalue weighted by Gasteiger charge is 2.44. The quantitative estimate of drug-likeness (QED) is 0.243. The van der Waals surface area contributed by atoms with Gasteiger partial charge in [0.1, 0.15) is 12.8 Å². The Kier molecular flexibility index (Phi) is 9.75. The molecule has 0 bridgehead atoms. The number of anilines is 1. The smallest absolute Gasteiger partial charge is 0.403 e. The van der Waals surface area contributed by atoms with Crippen LogP contribution in [-0.4, -0.2) is 62.3 Å². The van der Waals surface area contributed by atoms with Gasteiger partial charge in [0.05, 0.1) is 37.6 Å². The zero-order chi connectivity index (χ0) is 28.3. The monoisotopic (exact) mass is 556 g/mol. The largest absolute Gasteiger partial charge is 0.476 e. The maximum atomic E-state index is 12.9. The van der Waals surface area contributed by atoms with E-state index in [4.69, 9.17) is 24.5 Å². The van der Waals surface area contributed by atoms with Crippen molar-refractivity contribution in [3.63, 3.8) is 0 Å². The van der Waals surface area contributed by atoms with Crippen molar-refractivity contribution in [1.29, 1.82) is 0 Å². The highest BCUT2D eigenvalue weighted by atomic mass is 31.2. The number of esters is 1. The van der Waals surface area contributed by atoms with Crippen LogP contribution in [-0.2, 0) is 23.4 Å². The second-order valence-electron chi connectivity index (χ2n) is 11.0. The van der Waals surface area contributed by atoms with Crippen LogP contribution in [0.15, 0.2) is 6.33 Å². The molecule has 0 aromatic carbocycles. The highest BCUT2D eigenvalue weighted by Crippen LogP contribution is 2.47. The van der Waals surface area contributed by atoms with E-state index in [0.717, 1.165) is 0 Å².